The van der Waals surface area contributed by atoms with E-state index in [4.69, 9.17) is 0 Å². The lowest BCUT2D eigenvalue weighted by Crippen LogP contribution is -2.34. The lowest BCUT2D eigenvalue weighted by molar-refractivity contribution is -0.116. The molecule has 6 nitrogen and oxygen atoms in total. The van der Waals surface area contributed by atoms with Crippen LogP contribution in [0.4, 0.5) is 11.6 Å². The van der Waals surface area contributed by atoms with Gasteiger partial charge >= 0.3 is 0 Å². The number of nitrogens with zero attached hydrogens (tertiary/aromatic N) is 3. The molecule has 6 heteroatoms. The highest BCUT2D eigenvalue weighted by Gasteiger charge is 2.20. The molecule has 0 radical (unpaired) electrons. The minimum atomic E-state index is -0.228. The zero-order chi connectivity index (χ0) is 17.1. The molecule has 1 aromatic carbocycles. The van der Waals surface area contributed by atoms with Gasteiger partial charge in [-0.25, -0.2) is 4.98 Å². The van der Waals surface area contributed by atoms with Crippen molar-refractivity contribution in [3.8, 4) is 0 Å². The zero-order valence-corrected chi connectivity index (χ0v) is 14.1. The molecule has 0 saturated carbocycles. The Morgan fingerprint density at radius 2 is 1.96 bits per heavy atom. The smallest absolute Gasteiger partial charge is 0.255 e. The van der Waals surface area contributed by atoms with Crippen molar-refractivity contribution in [3.63, 3.8) is 0 Å². The van der Waals surface area contributed by atoms with Gasteiger partial charge in [-0.15, -0.1) is 0 Å². The summed E-state index contributed by atoms with van der Waals surface area (Å²) in [5.41, 5.74) is 2.29. The summed E-state index contributed by atoms with van der Waals surface area (Å²) in [6, 6.07) is 9.06. The molecular weight excluding hydrogens is 304 g/mol. The van der Waals surface area contributed by atoms with E-state index in [1.54, 1.807) is 6.92 Å². The Labute approximate surface area is 141 Å². The number of hydrogen-bond donors (Lipinski definition) is 1. The summed E-state index contributed by atoms with van der Waals surface area (Å²) in [5.74, 6) is 0.366. The maximum absolute atomic E-state index is 12.4. The predicted octanol–water partition coefficient (Wildman–Crippen LogP) is 2.10. The molecule has 126 valence electrons. The van der Waals surface area contributed by atoms with Crippen LogP contribution in [-0.2, 0) is 11.3 Å². The molecule has 1 aromatic heterocycles. The first-order valence-electron chi connectivity index (χ1n) is 8.23. The molecule has 0 spiro atoms. The van der Waals surface area contributed by atoms with Crippen LogP contribution >= 0.6 is 0 Å². The van der Waals surface area contributed by atoms with Gasteiger partial charge in [-0.1, -0.05) is 12.1 Å². The van der Waals surface area contributed by atoms with Crippen LogP contribution in [0, 0.1) is 13.8 Å². The second-order valence-electron chi connectivity index (χ2n) is 6.23. The van der Waals surface area contributed by atoms with Crippen molar-refractivity contribution in [2.75, 3.05) is 23.3 Å². The average Bonchev–Trinajstić information content (AvgIpc) is 3.04. The molecule has 1 amide bonds. The number of nitrogens with one attached hydrogen (secondary N) is 1. The fraction of sp³-hybridized carbons (Fsp3) is 0.389. The van der Waals surface area contributed by atoms with Crippen LogP contribution in [0.2, 0.25) is 0 Å². The summed E-state index contributed by atoms with van der Waals surface area (Å²) in [6.45, 7) is 5.48. The number of hydrogen-bond acceptors (Lipinski definition) is 4. The van der Waals surface area contributed by atoms with Gasteiger partial charge in [0, 0.05) is 30.5 Å². The van der Waals surface area contributed by atoms with Gasteiger partial charge in [0.05, 0.1) is 0 Å². The first-order valence-corrected chi connectivity index (χ1v) is 8.23. The normalized spacial score (nSPS) is 14.0. The Morgan fingerprint density at radius 3 is 2.67 bits per heavy atom. The maximum Gasteiger partial charge on any atom is 0.255 e. The van der Waals surface area contributed by atoms with Gasteiger partial charge < -0.3 is 10.2 Å². The van der Waals surface area contributed by atoms with Crippen LogP contribution in [0.5, 0.6) is 0 Å². The highest BCUT2D eigenvalue weighted by molar-refractivity contribution is 5.90. The van der Waals surface area contributed by atoms with E-state index in [-0.39, 0.29) is 18.0 Å². The molecule has 0 bridgehead atoms. The standard InChI is InChI=1S/C18H22N4O2/c1-13-6-5-7-15(10-13)20-16(23)12-22-17(24)11-14(2)19-18(22)21-8-3-4-9-21/h5-7,10-11H,3-4,8-9,12H2,1-2H3,(H,20,23). The average molecular weight is 326 g/mol. The van der Waals surface area contributed by atoms with Crippen molar-refractivity contribution in [1.29, 1.82) is 0 Å². The SMILES string of the molecule is Cc1cccc(NC(=O)Cn2c(N3CCCC3)nc(C)cc2=O)c1. The summed E-state index contributed by atoms with van der Waals surface area (Å²) in [7, 11) is 0. The molecule has 3 rings (SSSR count). The van der Waals surface area contributed by atoms with E-state index in [0.717, 1.165) is 37.2 Å². The number of aryl methyl sites for hydroxylation is 2. The minimum Gasteiger partial charge on any atom is -0.342 e. The Hall–Kier alpha value is -2.63. The van der Waals surface area contributed by atoms with Crippen LogP contribution < -0.4 is 15.8 Å². The Bertz CT molecular complexity index is 807. The van der Waals surface area contributed by atoms with E-state index in [2.05, 4.69) is 15.2 Å². The van der Waals surface area contributed by atoms with Crippen LogP contribution in [0.15, 0.2) is 35.1 Å². The molecule has 1 aliphatic rings. The van der Waals surface area contributed by atoms with Gasteiger partial charge in [0.15, 0.2) is 0 Å². The first kappa shape index (κ1) is 16.2. The molecule has 0 aliphatic carbocycles. The fourth-order valence-electron chi connectivity index (χ4n) is 2.98. The van der Waals surface area contributed by atoms with E-state index in [1.807, 2.05) is 31.2 Å². The van der Waals surface area contributed by atoms with Gasteiger partial charge in [-0.05, 0) is 44.4 Å². The van der Waals surface area contributed by atoms with Crippen LogP contribution in [0.1, 0.15) is 24.1 Å². The van der Waals surface area contributed by atoms with Crippen molar-refractivity contribution in [3.05, 3.63) is 51.9 Å². The largest absolute Gasteiger partial charge is 0.342 e. The summed E-state index contributed by atoms with van der Waals surface area (Å²) in [4.78, 5) is 31.3. The fourth-order valence-corrected chi connectivity index (χ4v) is 2.98. The van der Waals surface area contributed by atoms with Crippen LogP contribution in [-0.4, -0.2) is 28.5 Å². The van der Waals surface area contributed by atoms with Crippen molar-refractivity contribution in [2.24, 2.45) is 0 Å². The third-order valence-electron chi connectivity index (χ3n) is 4.11. The van der Waals surface area contributed by atoms with Gasteiger partial charge in [0.25, 0.3) is 5.56 Å². The van der Waals surface area contributed by atoms with Gasteiger partial charge in [0.1, 0.15) is 6.54 Å². The number of benzene rings is 1. The van der Waals surface area contributed by atoms with Gasteiger partial charge in [0.2, 0.25) is 11.9 Å². The van der Waals surface area contributed by atoms with Crippen molar-refractivity contribution >= 4 is 17.5 Å². The lowest BCUT2D eigenvalue weighted by Gasteiger charge is -2.21. The number of rotatable bonds is 4. The van der Waals surface area contributed by atoms with Crippen LogP contribution in [0.25, 0.3) is 0 Å². The molecule has 1 aliphatic heterocycles. The second-order valence-corrected chi connectivity index (χ2v) is 6.23. The number of anilines is 2. The number of carbonyl (C=O) groups excluding carboxylic acids is 1. The molecule has 2 heterocycles. The monoisotopic (exact) mass is 326 g/mol. The quantitative estimate of drug-likeness (QED) is 0.934. The molecule has 1 fully saturated rings. The Kier molecular flexibility index (Phi) is 4.64. The van der Waals surface area contributed by atoms with Crippen LogP contribution in [0.3, 0.4) is 0 Å². The lowest BCUT2D eigenvalue weighted by atomic mass is 10.2. The Balaban J connectivity index is 1.83. The van der Waals surface area contributed by atoms with E-state index < -0.39 is 0 Å². The van der Waals surface area contributed by atoms with Crippen molar-refractivity contribution in [2.45, 2.75) is 33.2 Å². The topological polar surface area (TPSA) is 67.2 Å². The number of carbonyl (C=O) groups is 1. The van der Waals surface area contributed by atoms with Gasteiger partial charge in [-0.2, -0.15) is 0 Å². The third-order valence-corrected chi connectivity index (χ3v) is 4.11. The maximum atomic E-state index is 12.4. The van der Waals surface area contributed by atoms with E-state index in [1.165, 1.54) is 10.6 Å². The number of amides is 1. The second kappa shape index (κ2) is 6.86. The molecule has 0 unspecified atom stereocenters. The number of aromatic nitrogens is 2. The molecule has 24 heavy (non-hydrogen) atoms. The molecule has 0 atom stereocenters. The molecule has 2 aromatic rings. The molecular formula is C18H22N4O2. The third kappa shape index (κ3) is 3.64. The molecule has 1 saturated heterocycles. The van der Waals surface area contributed by atoms with E-state index in [9.17, 15) is 9.59 Å². The highest BCUT2D eigenvalue weighted by Crippen LogP contribution is 2.17. The van der Waals surface area contributed by atoms with E-state index >= 15 is 0 Å². The predicted molar refractivity (Wildman–Crippen MR) is 94.5 cm³/mol. The zero-order valence-electron chi connectivity index (χ0n) is 14.1. The van der Waals surface area contributed by atoms with E-state index in [0.29, 0.717) is 11.6 Å². The highest BCUT2D eigenvalue weighted by atomic mass is 16.2. The minimum absolute atomic E-state index is 0.0358. The first-order chi connectivity index (χ1) is 11.5. The van der Waals surface area contributed by atoms with Crippen molar-refractivity contribution in [1.82, 2.24) is 9.55 Å². The summed E-state index contributed by atoms with van der Waals surface area (Å²) >= 11 is 0. The summed E-state index contributed by atoms with van der Waals surface area (Å²) in [5, 5.41) is 2.85. The summed E-state index contributed by atoms with van der Waals surface area (Å²) in [6.07, 6.45) is 2.17. The van der Waals surface area contributed by atoms with Gasteiger partial charge in [-0.3, -0.25) is 14.2 Å². The summed E-state index contributed by atoms with van der Waals surface area (Å²) < 4.78 is 1.46. The van der Waals surface area contributed by atoms with Crippen molar-refractivity contribution < 1.29 is 4.79 Å². The molecule has 1 N–H and O–H groups in total. The Morgan fingerprint density at radius 1 is 1.21 bits per heavy atom.